The molecule has 1 aromatic rings. The van der Waals surface area contributed by atoms with Gasteiger partial charge in [-0.05, 0) is 31.2 Å². The van der Waals surface area contributed by atoms with E-state index in [9.17, 15) is 14.4 Å². The van der Waals surface area contributed by atoms with Crippen molar-refractivity contribution >= 4 is 23.5 Å². The molecule has 0 aliphatic carbocycles. The van der Waals surface area contributed by atoms with Crippen molar-refractivity contribution in [3.8, 4) is 0 Å². The van der Waals surface area contributed by atoms with Crippen LogP contribution in [0.4, 0.5) is 10.5 Å². The summed E-state index contributed by atoms with van der Waals surface area (Å²) in [6, 6.07) is 7.57. The number of Topliss-reactive ketones (excluding diaryl/α,β-unsaturated/α-hetero) is 1. The number of piperazine rings is 1. The lowest BCUT2D eigenvalue weighted by Crippen LogP contribution is -3.16. The normalized spacial score (nSPS) is 15.1. The summed E-state index contributed by atoms with van der Waals surface area (Å²) in [6.45, 7) is 5.06. The Morgan fingerprint density at radius 1 is 1.17 bits per heavy atom. The monoisotopic (exact) mass is 320 g/mol. The van der Waals surface area contributed by atoms with E-state index in [0.717, 1.165) is 36.8 Å². The molecule has 1 saturated heterocycles. The summed E-state index contributed by atoms with van der Waals surface area (Å²) in [5.74, 6) is -0.270. The van der Waals surface area contributed by atoms with Crippen molar-refractivity contribution in [2.75, 3.05) is 44.7 Å². The maximum absolute atomic E-state index is 11.7. The predicted molar refractivity (Wildman–Crippen MR) is 84.8 cm³/mol. The summed E-state index contributed by atoms with van der Waals surface area (Å²) in [7, 11) is 1.23. The fourth-order valence-electron chi connectivity index (χ4n) is 2.60. The van der Waals surface area contributed by atoms with Crippen LogP contribution in [0.1, 0.15) is 17.3 Å². The number of alkyl carbamates (subject to hydrolysis) is 1. The number of quaternary nitrogens is 1. The van der Waals surface area contributed by atoms with E-state index < -0.39 is 6.09 Å². The number of nitrogens with zero attached hydrogens (tertiary/aromatic N) is 1. The highest BCUT2D eigenvalue weighted by molar-refractivity contribution is 5.94. The van der Waals surface area contributed by atoms with Crippen LogP contribution in [0.3, 0.4) is 0 Å². The van der Waals surface area contributed by atoms with E-state index in [1.807, 2.05) is 24.3 Å². The minimum atomic E-state index is -0.724. The lowest BCUT2D eigenvalue weighted by Gasteiger charge is -2.33. The van der Waals surface area contributed by atoms with Gasteiger partial charge in [0.15, 0.2) is 12.3 Å². The molecule has 124 valence electrons. The Balaban J connectivity index is 1.82. The highest BCUT2D eigenvalue weighted by Crippen LogP contribution is 2.15. The Bertz CT molecular complexity index is 577. The van der Waals surface area contributed by atoms with Crippen LogP contribution >= 0.6 is 0 Å². The van der Waals surface area contributed by atoms with Crippen molar-refractivity contribution in [3.63, 3.8) is 0 Å². The van der Waals surface area contributed by atoms with Gasteiger partial charge in [0.1, 0.15) is 0 Å². The molecule has 0 atom stereocenters. The lowest BCUT2D eigenvalue weighted by molar-refractivity contribution is -0.892. The van der Waals surface area contributed by atoms with Gasteiger partial charge in [0.05, 0.1) is 33.3 Å². The van der Waals surface area contributed by atoms with Crippen molar-refractivity contribution in [2.45, 2.75) is 6.92 Å². The van der Waals surface area contributed by atoms with E-state index in [1.54, 1.807) is 6.92 Å². The Hall–Kier alpha value is -2.41. The molecule has 0 saturated carbocycles. The zero-order valence-corrected chi connectivity index (χ0v) is 13.4. The maximum atomic E-state index is 11.7. The van der Waals surface area contributed by atoms with Crippen LogP contribution < -0.4 is 15.1 Å². The number of nitrogens with one attached hydrogen (secondary N) is 2. The highest BCUT2D eigenvalue weighted by atomic mass is 16.5. The molecule has 1 aliphatic heterocycles. The van der Waals surface area contributed by atoms with Crippen molar-refractivity contribution in [2.24, 2.45) is 0 Å². The molecular formula is C16H22N3O4+. The fourth-order valence-corrected chi connectivity index (χ4v) is 2.60. The summed E-state index contributed by atoms with van der Waals surface area (Å²) < 4.78 is 4.40. The van der Waals surface area contributed by atoms with Crippen LogP contribution in [0.2, 0.25) is 0 Å². The Kier molecular flexibility index (Phi) is 5.70. The molecule has 1 aromatic carbocycles. The molecule has 1 fully saturated rings. The van der Waals surface area contributed by atoms with E-state index in [-0.39, 0.29) is 18.2 Å². The quantitative estimate of drug-likeness (QED) is 0.730. The van der Waals surface area contributed by atoms with Crippen molar-refractivity contribution < 1.29 is 24.0 Å². The second kappa shape index (κ2) is 7.73. The number of carbonyl (C=O) groups excluding carboxylic acids is 3. The fraction of sp³-hybridized carbons (Fsp3) is 0.438. The molecule has 1 heterocycles. The van der Waals surface area contributed by atoms with Gasteiger partial charge in [-0.3, -0.25) is 14.9 Å². The van der Waals surface area contributed by atoms with Gasteiger partial charge >= 0.3 is 6.09 Å². The smallest absolute Gasteiger partial charge is 0.413 e. The second-order valence-corrected chi connectivity index (χ2v) is 5.56. The van der Waals surface area contributed by atoms with Crippen LogP contribution in [0.15, 0.2) is 24.3 Å². The van der Waals surface area contributed by atoms with Crippen molar-refractivity contribution in [1.29, 1.82) is 0 Å². The first kappa shape index (κ1) is 17.0. The summed E-state index contributed by atoms with van der Waals surface area (Å²) >= 11 is 0. The molecule has 2 amide bonds. The molecular weight excluding hydrogens is 298 g/mol. The van der Waals surface area contributed by atoms with Gasteiger partial charge in [-0.25, -0.2) is 4.79 Å². The summed E-state index contributed by atoms with van der Waals surface area (Å²) in [5, 5.41) is 2.17. The van der Waals surface area contributed by atoms with E-state index >= 15 is 0 Å². The van der Waals surface area contributed by atoms with Crippen LogP contribution in [0, 0.1) is 0 Å². The summed E-state index contributed by atoms with van der Waals surface area (Å²) in [5.41, 5.74) is 1.78. The maximum Gasteiger partial charge on any atom is 0.413 e. The number of amides is 2. The third-order valence-electron chi connectivity index (χ3n) is 3.95. The van der Waals surface area contributed by atoms with E-state index in [4.69, 9.17) is 0 Å². The number of ketones is 1. The summed E-state index contributed by atoms with van der Waals surface area (Å²) in [4.78, 5) is 37.3. The Morgan fingerprint density at radius 3 is 2.30 bits per heavy atom. The third-order valence-corrected chi connectivity index (χ3v) is 3.95. The first-order valence-electron chi connectivity index (χ1n) is 7.57. The minimum Gasteiger partial charge on any atom is -0.453 e. The number of rotatable bonds is 4. The highest BCUT2D eigenvalue weighted by Gasteiger charge is 2.23. The van der Waals surface area contributed by atoms with Crippen LogP contribution in [0.5, 0.6) is 0 Å². The van der Waals surface area contributed by atoms with Gasteiger partial charge in [0.2, 0.25) is 0 Å². The van der Waals surface area contributed by atoms with Gasteiger partial charge in [-0.15, -0.1) is 0 Å². The number of hydrogen-bond acceptors (Lipinski definition) is 5. The number of anilines is 1. The number of methoxy groups -OCH3 is 1. The van der Waals surface area contributed by atoms with Gasteiger partial charge in [0.25, 0.3) is 5.91 Å². The van der Waals surface area contributed by atoms with Crippen molar-refractivity contribution in [1.82, 2.24) is 5.32 Å². The molecule has 23 heavy (non-hydrogen) atoms. The molecule has 0 bridgehead atoms. The zero-order valence-electron chi connectivity index (χ0n) is 13.4. The van der Waals surface area contributed by atoms with Crippen LogP contribution in [-0.2, 0) is 9.53 Å². The van der Waals surface area contributed by atoms with Crippen LogP contribution in [0.25, 0.3) is 0 Å². The van der Waals surface area contributed by atoms with Gasteiger partial charge < -0.3 is 14.5 Å². The molecule has 0 radical (unpaired) electrons. The van der Waals surface area contributed by atoms with Crippen LogP contribution in [-0.4, -0.2) is 57.6 Å². The van der Waals surface area contributed by atoms with Gasteiger partial charge in [-0.1, -0.05) is 0 Å². The minimum absolute atomic E-state index is 0.0578. The molecule has 0 unspecified atom stereocenters. The van der Waals surface area contributed by atoms with E-state index in [2.05, 4.69) is 15.0 Å². The second-order valence-electron chi connectivity index (χ2n) is 5.56. The average Bonchev–Trinajstić information content (AvgIpc) is 2.55. The molecule has 7 nitrogen and oxygen atoms in total. The molecule has 0 aromatic heterocycles. The number of carbonyl (C=O) groups is 3. The number of imide groups is 1. The first-order valence-corrected chi connectivity index (χ1v) is 7.57. The van der Waals surface area contributed by atoms with E-state index in [1.165, 1.54) is 7.11 Å². The number of benzene rings is 1. The SMILES string of the molecule is COC(=O)NC(=O)C[NH+]1CCN(c2ccc(C(C)=O)cc2)CC1. The first-order chi connectivity index (χ1) is 11.0. The Labute approximate surface area is 135 Å². The molecule has 2 rings (SSSR count). The zero-order chi connectivity index (χ0) is 16.8. The van der Waals surface area contributed by atoms with E-state index in [0.29, 0.717) is 5.56 Å². The predicted octanol–water partition coefficient (Wildman–Crippen LogP) is -0.523. The largest absolute Gasteiger partial charge is 0.453 e. The third kappa shape index (κ3) is 4.79. The van der Waals surface area contributed by atoms with Gasteiger partial charge in [0, 0.05) is 11.3 Å². The molecule has 2 N–H and O–H groups in total. The Morgan fingerprint density at radius 2 is 1.78 bits per heavy atom. The molecule has 1 aliphatic rings. The number of ether oxygens (including phenoxy) is 1. The number of hydrogen-bond donors (Lipinski definition) is 2. The summed E-state index contributed by atoms with van der Waals surface area (Å²) in [6.07, 6.45) is -0.724. The molecule has 7 heteroatoms. The lowest BCUT2D eigenvalue weighted by atomic mass is 10.1. The topological polar surface area (TPSA) is 80.2 Å². The average molecular weight is 320 g/mol. The standard InChI is InChI=1S/C16H21N3O4/c1-12(20)13-3-5-14(6-4-13)19-9-7-18(8-10-19)11-15(21)17-16(22)23-2/h3-6H,7-11H2,1-2H3,(H,17,21,22)/p+1. The molecule has 0 spiro atoms. The van der Waals surface area contributed by atoms with Gasteiger partial charge in [-0.2, -0.15) is 0 Å². The van der Waals surface area contributed by atoms with Crippen molar-refractivity contribution in [3.05, 3.63) is 29.8 Å².